The molecule has 4 aromatic rings. The summed E-state index contributed by atoms with van der Waals surface area (Å²) in [4.78, 5) is 23.8. The first kappa shape index (κ1) is 35.2. The summed E-state index contributed by atoms with van der Waals surface area (Å²) in [5.41, 5.74) is 15.1. The van der Waals surface area contributed by atoms with E-state index in [4.69, 9.17) is 11.5 Å². The number of carbonyl (C=O) groups excluding carboxylic acids is 2. The Morgan fingerprint density at radius 3 is 1.78 bits per heavy atom. The van der Waals surface area contributed by atoms with E-state index in [9.17, 15) is 18.0 Å². The van der Waals surface area contributed by atoms with Crippen LogP contribution in [-0.2, 0) is 10.0 Å². The number of amides is 2. The third-order valence-electron chi connectivity index (χ3n) is 11.5. The minimum Gasteiger partial charge on any atom is -0.380 e. The van der Waals surface area contributed by atoms with E-state index in [1.54, 1.807) is 19.5 Å². The van der Waals surface area contributed by atoms with Crippen LogP contribution in [0.2, 0.25) is 0 Å². The molecule has 2 aliphatic carbocycles. The molecule has 0 radical (unpaired) electrons. The number of rotatable bonds is 7. The number of carbonyl (C=O) groups is 2. The van der Waals surface area contributed by atoms with Crippen LogP contribution in [0.4, 0.5) is 11.4 Å². The number of sulfonamides is 1. The van der Waals surface area contributed by atoms with Crippen molar-refractivity contribution in [2.75, 3.05) is 43.1 Å². The maximum absolute atomic E-state index is 11.9. The molecule has 8 rings (SSSR count). The molecule has 17 heteroatoms. The number of primary amides is 2. The van der Waals surface area contributed by atoms with E-state index in [0.29, 0.717) is 59.6 Å². The van der Waals surface area contributed by atoms with Crippen molar-refractivity contribution in [1.82, 2.24) is 28.9 Å². The number of nitrogens with two attached hydrogens (primary N) is 2. The molecular formula is C33H42Br2N10O4S. The zero-order valence-corrected chi connectivity index (χ0v) is 32.0. The van der Waals surface area contributed by atoms with Gasteiger partial charge in [0.15, 0.2) is 0 Å². The SMILES string of the molecule is C[C@@H]1[C@H]2CN(S(C)(=O)=O)C[C@H]2C[C@H]1Nc1c(C(N)=O)cnn2cc(Br)cc12.C[C@@H]1[C@H]2CNC[C@H]2C[C@H]1Nc1c(C(N)=O)cnn2cc(Br)cc12. The number of aromatic nitrogens is 4. The first-order chi connectivity index (χ1) is 23.7. The van der Waals surface area contributed by atoms with Crippen LogP contribution in [0.1, 0.15) is 47.4 Å². The third-order valence-corrected chi connectivity index (χ3v) is 13.6. The summed E-state index contributed by atoms with van der Waals surface area (Å²) >= 11 is 6.91. The molecule has 6 heterocycles. The molecule has 4 fully saturated rings. The Morgan fingerprint density at radius 2 is 1.32 bits per heavy atom. The quantitative estimate of drug-likeness (QED) is 0.186. The van der Waals surface area contributed by atoms with Gasteiger partial charge in [-0.1, -0.05) is 13.8 Å². The molecule has 50 heavy (non-hydrogen) atoms. The van der Waals surface area contributed by atoms with Gasteiger partial charge in [0.25, 0.3) is 11.8 Å². The summed E-state index contributed by atoms with van der Waals surface area (Å²) in [7, 11) is -3.15. The fourth-order valence-corrected chi connectivity index (χ4v) is 10.5. The monoisotopic (exact) mass is 832 g/mol. The van der Waals surface area contributed by atoms with Crippen molar-refractivity contribution in [1.29, 1.82) is 0 Å². The maximum atomic E-state index is 11.9. The second-order valence-electron chi connectivity index (χ2n) is 14.3. The average Bonchev–Trinajstić information content (AvgIpc) is 3.88. The summed E-state index contributed by atoms with van der Waals surface area (Å²) in [5, 5.41) is 19.1. The highest BCUT2D eigenvalue weighted by atomic mass is 79.9. The molecule has 7 N–H and O–H groups in total. The summed E-state index contributed by atoms with van der Waals surface area (Å²) in [6, 6.07) is 4.35. The van der Waals surface area contributed by atoms with E-state index in [2.05, 4.69) is 71.9 Å². The summed E-state index contributed by atoms with van der Waals surface area (Å²) in [6.45, 7) is 7.76. The van der Waals surface area contributed by atoms with Gasteiger partial charge >= 0.3 is 0 Å². The van der Waals surface area contributed by atoms with Crippen LogP contribution in [-0.4, -0.2) is 88.3 Å². The molecule has 4 aromatic heterocycles. The highest BCUT2D eigenvalue weighted by Crippen LogP contribution is 2.45. The number of halogens is 2. The van der Waals surface area contributed by atoms with Crippen LogP contribution in [0, 0.1) is 35.5 Å². The lowest BCUT2D eigenvalue weighted by Crippen LogP contribution is -2.33. The van der Waals surface area contributed by atoms with Gasteiger partial charge in [0.2, 0.25) is 10.0 Å². The van der Waals surface area contributed by atoms with Gasteiger partial charge in [-0.25, -0.2) is 21.8 Å². The number of nitrogens with one attached hydrogen (secondary N) is 3. The van der Waals surface area contributed by atoms with Crippen LogP contribution in [0.25, 0.3) is 11.0 Å². The van der Waals surface area contributed by atoms with Gasteiger partial charge in [0, 0.05) is 46.5 Å². The predicted octanol–water partition coefficient (Wildman–Crippen LogP) is 3.38. The van der Waals surface area contributed by atoms with Gasteiger partial charge < -0.3 is 27.4 Å². The molecule has 268 valence electrons. The lowest BCUT2D eigenvalue weighted by molar-refractivity contribution is 0.0992. The molecule has 0 bridgehead atoms. The lowest BCUT2D eigenvalue weighted by Gasteiger charge is -2.25. The molecule has 0 unspecified atom stereocenters. The summed E-state index contributed by atoms with van der Waals surface area (Å²) < 4.78 is 30.5. The second kappa shape index (κ2) is 13.4. The largest absolute Gasteiger partial charge is 0.380 e. The minimum atomic E-state index is -3.15. The highest BCUT2D eigenvalue weighted by Gasteiger charge is 2.48. The Labute approximate surface area is 307 Å². The molecule has 0 spiro atoms. The predicted molar refractivity (Wildman–Crippen MR) is 198 cm³/mol. The lowest BCUT2D eigenvalue weighted by atomic mass is 9.93. The molecule has 2 saturated heterocycles. The maximum Gasteiger partial charge on any atom is 0.252 e. The highest BCUT2D eigenvalue weighted by molar-refractivity contribution is 9.10. The van der Waals surface area contributed by atoms with Gasteiger partial charge in [-0.2, -0.15) is 10.2 Å². The number of hydrogen-bond donors (Lipinski definition) is 5. The van der Waals surface area contributed by atoms with Gasteiger partial charge in [-0.05, 0) is 105 Å². The molecule has 14 nitrogen and oxygen atoms in total. The number of hydrogen-bond acceptors (Lipinski definition) is 9. The van der Waals surface area contributed by atoms with E-state index in [-0.39, 0.29) is 12.0 Å². The standard InChI is InChI=1S/C17H22BrN5O3S.C16H20BrN5O/c1-9-13-8-22(27(2,25)26)6-10(13)3-14(9)21-16-12(17(19)24)5-20-23-7-11(18)4-15(16)23;1-8-11-5-19-4-9(11)2-13(8)21-15-12(16(18)23)6-20-22-7-10(17)3-14(15)22/h4-5,7,9-10,13-14,21H,3,6,8H2,1-2H3,(H2,19,24);3,6-9,11,13,19,21H,2,4-5H2,1H3,(H2,18,23)/t9-,10-,13-,14-;8-,9-,11-,13-/m11/s1. The van der Waals surface area contributed by atoms with E-state index >= 15 is 0 Å². The molecule has 0 aromatic carbocycles. The normalized spacial score (nSPS) is 29.1. The average molecular weight is 835 g/mol. The van der Waals surface area contributed by atoms with E-state index in [1.165, 1.54) is 12.5 Å². The topological polar surface area (TPSA) is 194 Å². The van der Waals surface area contributed by atoms with Crippen LogP contribution in [0.15, 0.2) is 45.9 Å². The van der Waals surface area contributed by atoms with Crippen molar-refractivity contribution >= 4 is 76.1 Å². The van der Waals surface area contributed by atoms with E-state index in [1.807, 2.05) is 24.5 Å². The first-order valence-electron chi connectivity index (χ1n) is 16.8. The second-order valence-corrected chi connectivity index (χ2v) is 18.2. The Balaban J connectivity index is 0.000000159. The van der Waals surface area contributed by atoms with E-state index in [0.717, 1.165) is 57.5 Å². The van der Waals surface area contributed by atoms with Gasteiger partial charge in [-0.3, -0.25) is 9.59 Å². The van der Waals surface area contributed by atoms with E-state index < -0.39 is 21.8 Å². The molecule has 8 atom stereocenters. The fourth-order valence-electron chi connectivity index (χ4n) is 8.76. The van der Waals surface area contributed by atoms with Crippen LogP contribution < -0.4 is 27.4 Å². The van der Waals surface area contributed by atoms with Crippen molar-refractivity contribution in [2.45, 2.75) is 38.8 Å². The van der Waals surface area contributed by atoms with Crippen LogP contribution in [0.3, 0.4) is 0 Å². The molecule has 2 amide bonds. The minimum absolute atomic E-state index is 0.139. The first-order valence-corrected chi connectivity index (χ1v) is 20.2. The van der Waals surface area contributed by atoms with Gasteiger partial charge in [0.1, 0.15) is 0 Å². The van der Waals surface area contributed by atoms with Crippen LogP contribution in [0.5, 0.6) is 0 Å². The molecule has 4 aliphatic rings. The van der Waals surface area contributed by atoms with Gasteiger partial charge in [0.05, 0.1) is 52.2 Å². The molecule has 2 saturated carbocycles. The smallest absolute Gasteiger partial charge is 0.252 e. The third kappa shape index (κ3) is 6.50. The molecular weight excluding hydrogens is 792 g/mol. The van der Waals surface area contributed by atoms with Crippen molar-refractivity contribution in [2.24, 2.45) is 47.0 Å². The van der Waals surface area contributed by atoms with Gasteiger partial charge in [-0.15, -0.1) is 0 Å². The Morgan fingerprint density at radius 1 is 0.820 bits per heavy atom. The number of anilines is 2. The zero-order valence-electron chi connectivity index (χ0n) is 28.0. The van der Waals surface area contributed by atoms with Crippen molar-refractivity contribution in [3.8, 4) is 0 Å². The number of nitrogens with zero attached hydrogens (tertiary/aromatic N) is 5. The zero-order chi connectivity index (χ0) is 35.6. The Bertz CT molecular complexity index is 2090. The van der Waals surface area contributed by atoms with Crippen molar-refractivity contribution < 1.29 is 18.0 Å². The van der Waals surface area contributed by atoms with Crippen LogP contribution >= 0.6 is 31.9 Å². The Kier molecular flexibility index (Phi) is 9.41. The van der Waals surface area contributed by atoms with Crippen molar-refractivity contribution in [3.63, 3.8) is 0 Å². The summed E-state index contributed by atoms with van der Waals surface area (Å²) in [6.07, 6.45) is 9.97. The molecule has 2 aliphatic heterocycles. The number of fused-ring (bicyclic) bond motifs is 4. The fraction of sp³-hybridized carbons (Fsp3) is 0.515. The van der Waals surface area contributed by atoms with Crippen molar-refractivity contribution in [3.05, 3.63) is 57.0 Å². The Hall–Kier alpha value is -3.25. The summed E-state index contributed by atoms with van der Waals surface area (Å²) in [5.74, 6) is 1.91.